The zero-order valence-electron chi connectivity index (χ0n) is 8.89. The molecule has 0 heterocycles. The first-order valence-corrected chi connectivity index (χ1v) is 4.78. The molecule has 15 heavy (non-hydrogen) atoms. The maximum atomic E-state index is 13.6. The Bertz CT molecular complexity index is 342. The van der Waals surface area contributed by atoms with Crippen LogP contribution in [-0.4, -0.2) is 13.7 Å². The quantitative estimate of drug-likeness (QED) is 0.837. The summed E-state index contributed by atoms with van der Waals surface area (Å²) in [5.74, 6) is -0.332. The van der Waals surface area contributed by atoms with Crippen molar-refractivity contribution in [2.75, 3.05) is 13.7 Å². The van der Waals surface area contributed by atoms with Gasteiger partial charge >= 0.3 is 0 Å². The number of hydrogen-bond donors (Lipinski definition) is 1. The van der Waals surface area contributed by atoms with Gasteiger partial charge in [-0.25, -0.2) is 8.78 Å². The van der Waals surface area contributed by atoms with Gasteiger partial charge in [-0.05, 0) is 37.6 Å². The molecule has 2 nitrogen and oxygen atoms in total. The fraction of sp³-hybridized carbons (Fsp3) is 0.455. The molecule has 0 radical (unpaired) electrons. The Balaban J connectivity index is 3.14. The molecule has 0 aliphatic heterocycles. The predicted octanol–water partition coefficient (Wildman–Crippen LogP) is 2.50. The van der Waals surface area contributed by atoms with E-state index in [1.807, 2.05) is 0 Å². The van der Waals surface area contributed by atoms with Crippen LogP contribution in [-0.2, 0) is 0 Å². The van der Waals surface area contributed by atoms with Crippen LogP contribution in [0.2, 0.25) is 0 Å². The second-order valence-corrected chi connectivity index (χ2v) is 3.41. The van der Waals surface area contributed by atoms with Gasteiger partial charge in [0, 0.05) is 0 Å². The number of alkyl halides is 1. The fourth-order valence-electron chi connectivity index (χ4n) is 1.49. The van der Waals surface area contributed by atoms with Crippen LogP contribution in [0.5, 0.6) is 5.75 Å². The Morgan fingerprint density at radius 2 is 2.13 bits per heavy atom. The minimum atomic E-state index is -1.41. The van der Waals surface area contributed by atoms with Gasteiger partial charge in [-0.15, -0.1) is 0 Å². The third-order valence-corrected chi connectivity index (χ3v) is 2.19. The van der Waals surface area contributed by atoms with E-state index in [4.69, 9.17) is 10.5 Å². The summed E-state index contributed by atoms with van der Waals surface area (Å²) in [7, 11) is 1.40. The van der Waals surface area contributed by atoms with Gasteiger partial charge in [0.15, 0.2) is 0 Å². The maximum Gasteiger partial charge on any atom is 0.133 e. The average Bonchev–Trinajstić information content (AvgIpc) is 2.16. The number of benzene rings is 1. The summed E-state index contributed by atoms with van der Waals surface area (Å²) < 4.78 is 32.0. The highest BCUT2D eigenvalue weighted by atomic mass is 19.1. The normalized spacial score (nSPS) is 12.6. The SMILES string of the molecule is COc1cc(C)cc(F)c1C(F)CCN. The number of halogens is 2. The van der Waals surface area contributed by atoms with Crippen LogP contribution in [0.25, 0.3) is 0 Å². The summed E-state index contributed by atoms with van der Waals surface area (Å²) in [4.78, 5) is 0. The third-order valence-electron chi connectivity index (χ3n) is 2.19. The van der Waals surface area contributed by atoms with Crippen molar-refractivity contribution < 1.29 is 13.5 Å². The Hall–Kier alpha value is -1.16. The maximum absolute atomic E-state index is 13.6. The van der Waals surface area contributed by atoms with Gasteiger partial charge < -0.3 is 10.5 Å². The minimum absolute atomic E-state index is 0.0337. The topological polar surface area (TPSA) is 35.2 Å². The number of ether oxygens (including phenoxy) is 1. The van der Waals surface area contributed by atoms with E-state index in [0.29, 0.717) is 5.56 Å². The van der Waals surface area contributed by atoms with E-state index >= 15 is 0 Å². The van der Waals surface area contributed by atoms with E-state index in [1.54, 1.807) is 13.0 Å². The van der Waals surface area contributed by atoms with Gasteiger partial charge in [-0.3, -0.25) is 0 Å². The van der Waals surface area contributed by atoms with Crippen molar-refractivity contribution in [2.45, 2.75) is 19.5 Å². The molecular weight excluding hydrogens is 200 g/mol. The summed E-state index contributed by atoms with van der Waals surface area (Å²) in [5, 5.41) is 0. The van der Waals surface area contributed by atoms with Gasteiger partial charge in [0.05, 0.1) is 12.7 Å². The zero-order chi connectivity index (χ0) is 11.4. The highest BCUT2D eigenvalue weighted by Crippen LogP contribution is 2.33. The molecule has 84 valence electrons. The molecule has 1 atom stereocenters. The molecular formula is C11H15F2NO. The van der Waals surface area contributed by atoms with Crippen LogP contribution in [0.1, 0.15) is 23.7 Å². The standard InChI is InChI=1S/C11H15F2NO/c1-7-5-9(13)11(8(12)3-4-14)10(6-7)15-2/h5-6,8H,3-4,14H2,1-2H3. The van der Waals surface area contributed by atoms with Crippen molar-refractivity contribution in [1.29, 1.82) is 0 Å². The van der Waals surface area contributed by atoms with Crippen molar-refractivity contribution in [3.05, 3.63) is 29.1 Å². The molecule has 0 saturated heterocycles. The van der Waals surface area contributed by atoms with Crippen LogP contribution < -0.4 is 10.5 Å². The van der Waals surface area contributed by atoms with Crippen molar-refractivity contribution in [1.82, 2.24) is 0 Å². The molecule has 1 aromatic carbocycles. The summed E-state index contributed by atoms with van der Waals surface area (Å²) in [6.07, 6.45) is -1.32. The first-order chi connectivity index (χ1) is 7.10. The number of aryl methyl sites for hydroxylation is 1. The van der Waals surface area contributed by atoms with Crippen molar-refractivity contribution in [3.8, 4) is 5.75 Å². The summed E-state index contributed by atoms with van der Waals surface area (Å²) in [5.41, 5.74) is 5.90. The lowest BCUT2D eigenvalue weighted by Gasteiger charge is -2.14. The monoisotopic (exact) mass is 215 g/mol. The number of nitrogens with two attached hydrogens (primary N) is 1. The highest BCUT2D eigenvalue weighted by Gasteiger charge is 2.19. The molecule has 0 fully saturated rings. The van der Waals surface area contributed by atoms with Crippen molar-refractivity contribution in [2.24, 2.45) is 5.73 Å². The highest BCUT2D eigenvalue weighted by molar-refractivity contribution is 5.39. The third kappa shape index (κ3) is 2.65. The zero-order valence-corrected chi connectivity index (χ0v) is 8.89. The van der Waals surface area contributed by atoms with Gasteiger partial charge in [-0.2, -0.15) is 0 Å². The van der Waals surface area contributed by atoms with E-state index in [9.17, 15) is 8.78 Å². The largest absolute Gasteiger partial charge is 0.496 e. The predicted molar refractivity (Wildman–Crippen MR) is 55.2 cm³/mol. The first-order valence-electron chi connectivity index (χ1n) is 4.78. The Morgan fingerprint density at radius 3 is 2.67 bits per heavy atom. The molecule has 0 aliphatic carbocycles. The second kappa shape index (κ2) is 5.07. The second-order valence-electron chi connectivity index (χ2n) is 3.41. The molecule has 4 heteroatoms. The van der Waals surface area contributed by atoms with E-state index in [0.717, 1.165) is 0 Å². The van der Waals surface area contributed by atoms with Crippen LogP contribution in [0, 0.1) is 12.7 Å². The number of methoxy groups -OCH3 is 1. The lowest BCUT2D eigenvalue weighted by Crippen LogP contribution is -2.07. The Labute approximate surface area is 88.0 Å². The smallest absolute Gasteiger partial charge is 0.133 e. The lowest BCUT2D eigenvalue weighted by atomic mass is 10.0. The minimum Gasteiger partial charge on any atom is -0.496 e. The molecule has 0 aromatic heterocycles. The number of hydrogen-bond acceptors (Lipinski definition) is 2. The van der Waals surface area contributed by atoms with Crippen molar-refractivity contribution in [3.63, 3.8) is 0 Å². The molecule has 0 bridgehead atoms. The summed E-state index contributed by atoms with van der Waals surface area (Å²) in [6.45, 7) is 1.91. The molecule has 2 N–H and O–H groups in total. The van der Waals surface area contributed by atoms with Gasteiger partial charge in [0.1, 0.15) is 17.7 Å². The molecule has 0 spiro atoms. The van der Waals surface area contributed by atoms with E-state index in [-0.39, 0.29) is 24.3 Å². The van der Waals surface area contributed by atoms with Crippen LogP contribution >= 0.6 is 0 Å². The van der Waals surface area contributed by atoms with Gasteiger partial charge in [-0.1, -0.05) is 0 Å². The molecule has 1 unspecified atom stereocenters. The summed E-state index contributed by atoms with van der Waals surface area (Å²) >= 11 is 0. The average molecular weight is 215 g/mol. The molecule has 0 amide bonds. The van der Waals surface area contributed by atoms with E-state index in [2.05, 4.69) is 0 Å². The first kappa shape index (κ1) is 11.9. The van der Waals surface area contributed by atoms with E-state index in [1.165, 1.54) is 13.2 Å². The molecule has 0 aliphatic rings. The van der Waals surface area contributed by atoms with Gasteiger partial charge in [0.2, 0.25) is 0 Å². The Morgan fingerprint density at radius 1 is 1.47 bits per heavy atom. The summed E-state index contributed by atoms with van der Waals surface area (Å²) in [6, 6.07) is 2.91. The van der Waals surface area contributed by atoms with Crippen LogP contribution in [0.15, 0.2) is 12.1 Å². The molecule has 1 aromatic rings. The van der Waals surface area contributed by atoms with Crippen LogP contribution in [0.3, 0.4) is 0 Å². The van der Waals surface area contributed by atoms with E-state index < -0.39 is 12.0 Å². The molecule has 1 rings (SSSR count). The fourth-order valence-corrected chi connectivity index (χ4v) is 1.49. The molecule has 0 saturated carbocycles. The number of rotatable bonds is 4. The van der Waals surface area contributed by atoms with Crippen molar-refractivity contribution >= 4 is 0 Å². The van der Waals surface area contributed by atoms with Gasteiger partial charge in [0.25, 0.3) is 0 Å². The lowest BCUT2D eigenvalue weighted by molar-refractivity contribution is 0.300. The Kier molecular flexibility index (Phi) is 4.03. The van der Waals surface area contributed by atoms with Crippen LogP contribution in [0.4, 0.5) is 8.78 Å².